The molecular weight excluding hydrogens is 273 g/mol. The van der Waals surface area contributed by atoms with Crippen LogP contribution in [0.5, 0.6) is 0 Å². The van der Waals surface area contributed by atoms with E-state index in [2.05, 4.69) is 4.98 Å². The van der Waals surface area contributed by atoms with Crippen molar-refractivity contribution in [2.24, 2.45) is 0 Å². The zero-order valence-corrected chi connectivity index (χ0v) is 11.5. The predicted octanol–water partition coefficient (Wildman–Crippen LogP) is 4.54. The van der Waals surface area contributed by atoms with Crippen LogP contribution in [0.1, 0.15) is 35.1 Å². The number of thiazole rings is 1. The van der Waals surface area contributed by atoms with Crippen LogP contribution in [-0.2, 0) is 0 Å². The second kappa shape index (κ2) is 5.16. The van der Waals surface area contributed by atoms with E-state index < -0.39 is 5.82 Å². The van der Waals surface area contributed by atoms with Gasteiger partial charge in [-0.2, -0.15) is 0 Å². The summed E-state index contributed by atoms with van der Waals surface area (Å²) in [6, 6.07) is 4.43. The number of nitrogens with zero attached hydrogens (tertiary/aromatic N) is 1. The van der Waals surface area contributed by atoms with Crippen molar-refractivity contribution in [3.8, 4) is 10.6 Å². The number of carbonyl (C=O) groups excluding carboxylic acids is 1. The Hall–Kier alpha value is -1.26. The Morgan fingerprint density at radius 3 is 2.67 bits per heavy atom. The van der Waals surface area contributed by atoms with Crippen molar-refractivity contribution >= 4 is 29.2 Å². The summed E-state index contributed by atoms with van der Waals surface area (Å²) in [4.78, 5) is 16.1. The quantitative estimate of drug-likeness (QED) is 0.774. The monoisotopic (exact) mass is 283 g/mol. The number of halogens is 2. The summed E-state index contributed by atoms with van der Waals surface area (Å²) in [5, 5.41) is 0.740. The van der Waals surface area contributed by atoms with Gasteiger partial charge in [0.2, 0.25) is 0 Å². The average Bonchev–Trinajstić information content (AvgIpc) is 2.77. The predicted molar refractivity (Wildman–Crippen MR) is 72.0 cm³/mol. The summed E-state index contributed by atoms with van der Waals surface area (Å²) in [7, 11) is 0. The molecule has 2 nitrogen and oxygen atoms in total. The molecule has 0 amide bonds. The second-order valence-corrected chi connectivity index (χ2v) is 5.61. The van der Waals surface area contributed by atoms with Gasteiger partial charge in [-0.05, 0) is 24.1 Å². The summed E-state index contributed by atoms with van der Waals surface area (Å²) in [5.41, 5.74) is 1.17. The second-order valence-electron chi connectivity index (χ2n) is 4.17. The highest BCUT2D eigenvalue weighted by molar-refractivity contribution is 7.15. The van der Waals surface area contributed by atoms with Crippen molar-refractivity contribution in [1.82, 2.24) is 4.98 Å². The van der Waals surface area contributed by atoms with Gasteiger partial charge < -0.3 is 0 Å². The van der Waals surface area contributed by atoms with E-state index in [-0.39, 0.29) is 10.9 Å². The highest BCUT2D eigenvalue weighted by Crippen LogP contribution is 2.33. The molecule has 0 radical (unpaired) electrons. The van der Waals surface area contributed by atoms with Crippen molar-refractivity contribution in [3.63, 3.8) is 0 Å². The minimum atomic E-state index is -0.461. The maximum atomic E-state index is 13.1. The lowest BCUT2D eigenvalue weighted by Crippen LogP contribution is -1.89. The number of rotatable bonds is 3. The molecule has 0 aliphatic rings. The standard InChI is InChI=1S/C13H11ClFNOS/c1-7(2)12-11(6-17)16-13(18-12)8-3-4-10(15)9(14)5-8/h3-7H,1-2H3. The van der Waals surface area contributed by atoms with Crippen LogP contribution in [0.3, 0.4) is 0 Å². The summed E-state index contributed by atoms with van der Waals surface area (Å²) in [5.74, 6) is -0.232. The number of hydrogen-bond acceptors (Lipinski definition) is 3. The van der Waals surface area contributed by atoms with Gasteiger partial charge in [0.15, 0.2) is 6.29 Å². The van der Waals surface area contributed by atoms with Crippen LogP contribution in [0.2, 0.25) is 5.02 Å². The van der Waals surface area contributed by atoms with E-state index in [1.54, 1.807) is 6.07 Å². The molecule has 1 aromatic carbocycles. The Morgan fingerprint density at radius 1 is 1.44 bits per heavy atom. The number of benzene rings is 1. The zero-order valence-electron chi connectivity index (χ0n) is 9.91. The zero-order chi connectivity index (χ0) is 13.3. The van der Waals surface area contributed by atoms with Crippen LogP contribution in [0.25, 0.3) is 10.6 Å². The van der Waals surface area contributed by atoms with Crippen LogP contribution in [0.15, 0.2) is 18.2 Å². The van der Waals surface area contributed by atoms with Crippen LogP contribution < -0.4 is 0 Å². The first-order chi connectivity index (χ1) is 8.52. The van der Waals surface area contributed by atoms with Crippen LogP contribution in [0.4, 0.5) is 4.39 Å². The van der Waals surface area contributed by atoms with Gasteiger partial charge in [0, 0.05) is 10.4 Å². The van der Waals surface area contributed by atoms with Crippen molar-refractivity contribution in [1.29, 1.82) is 0 Å². The van der Waals surface area contributed by atoms with Crippen molar-refractivity contribution in [2.45, 2.75) is 19.8 Å². The Kier molecular flexibility index (Phi) is 3.78. The highest BCUT2D eigenvalue weighted by atomic mass is 35.5. The van der Waals surface area contributed by atoms with E-state index in [0.717, 1.165) is 16.7 Å². The van der Waals surface area contributed by atoms with Gasteiger partial charge in [0.1, 0.15) is 16.5 Å². The Labute approximate surface area is 113 Å². The van der Waals surface area contributed by atoms with Crippen LogP contribution in [0, 0.1) is 5.82 Å². The molecule has 0 spiro atoms. The first kappa shape index (κ1) is 13.2. The fraction of sp³-hybridized carbons (Fsp3) is 0.231. The third-order valence-electron chi connectivity index (χ3n) is 2.48. The Bertz CT molecular complexity index is 595. The fourth-order valence-corrected chi connectivity index (χ4v) is 2.81. The first-order valence-electron chi connectivity index (χ1n) is 5.44. The third kappa shape index (κ3) is 2.44. The molecule has 18 heavy (non-hydrogen) atoms. The van der Waals surface area contributed by atoms with E-state index in [4.69, 9.17) is 11.6 Å². The van der Waals surface area contributed by atoms with Gasteiger partial charge in [-0.3, -0.25) is 4.79 Å². The van der Waals surface area contributed by atoms with Gasteiger partial charge in [0.05, 0.1) is 5.02 Å². The molecule has 0 bridgehead atoms. The Morgan fingerprint density at radius 2 is 2.17 bits per heavy atom. The van der Waals surface area contributed by atoms with Gasteiger partial charge in [-0.15, -0.1) is 11.3 Å². The minimum absolute atomic E-state index is 0.0569. The maximum absolute atomic E-state index is 13.1. The smallest absolute Gasteiger partial charge is 0.169 e. The van der Waals surface area contributed by atoms with E-state index >= 15 is 0 Å². The molecule has 0 fully saturated rings. The molecule has 0 unspecified atom stereocenters. The first-order valence-corrected chi connectivity index (χ1v) is 6.63. The SMILES string of the molecule is CC(C)c1sc(-c2ccc(F)c(Cl)c2)nc1C=O. The fourth-order valence-electron chi connectivity index (χ4n) is 1.59. The van der Waals surface area contributed by atoms with Crippen molar-refractivity contribution < 1.29 is 9.18 Å². The van der Waals surface area contributed by atoms with Gasteiger partial charge in [-0.25, -0.2) is 9.37 Å². The van der Waals surface area contributed by atoms with Gasteiger partial charge in [0.25, 0.3) is 0 Å². The number of hydrogen-bond donors (Lipinski definition) is 0. The largest absolute Gasteiger partial charge is 0.296 e. The van der Waals surface area contributed by atoms with E-state index in [0.29, 0.717) is 10.7 Å². The number of aldehydes is 1. The summed E-state index contributed by atoms with van der Waals surface area (Å²) >= 11 is 7.18. The van der Waals surface area contributed by atoms with Gasteiger partial charge in [-0.1, -0.05) is 25.4 Å². The maximum Gasteiger partial charge on any atom is 0.169 e. The normalized spacial score (nSPS) is 10.9. The molecule has 5 heteroatoms. The van der Waals surface area contributed by atoms with E-state index in [1.165, 1.54) is 23.5 Å². The number of carbonyl (C=O) groups is 1. The molecule has 0 saturated heterocycles. The molecule has 2 aromatic rings. The van der Waals surface area contributed by atoms with Gasteiger partial charge >= 0.3 is 0 Å². The molecule has 1 heterocycles. The molecular formula is C13H11ClFNOS. The summed E-state index contributed by atoms with van der Waals surface area (Å²) < 4.78 is 13.1. The molecule has 94 valence electrons. The average molecular weight is 284 g/mol. The van der Waals surface area contributed by atoms with E-state index in [1.807, 2.05) is 13.8 Å². The molecule has 0 N–H and O–H groups in total. The van der Waals surface area contributed by atoms with E-state index in [9.17, 15) is 9.18 Å². The molecule has 0 aliphatic heterocycles. The highest BCUT2D eigenvalue weighted by Gasteiger charge is 2.15. The molecule has 0 aliphatic carbocycles. The van der Waals surface area contributed by atoms with Crippen LogP contribution in [-0.4, -0.2) is 11.3 Å². The Balaban J connectivity index is 2.50. The number of aromatic nitrogens is 1. The molecule has 0 saturated carbocycles. The van der Waals surface area contributed by atoms with Crippen molar-refractivity contribution in [3.05, 3.63) is 39.6 Å². The topological polar surface area (TPSA) is 30.0 Å². The van der Waals surface area contributed by atoms with Crippen molar-refractivity contribution in [2.75, 3.05) is 0 Å². The molecule has 1 aromatic heterocycles. The minimum Gasteiger partial charge on any atom is -0.296 e. The molecule has 2 rings (SSSR count). The lowest BCUT2D eigenvalue weighted by Gasteiger charge is -1.99. The summed E-state index contributed by atoms with van der Waals surface area (Å²) in [6.07, 6.45) is 0.750. The molecule has 0 atom stereocenters. The third-order valence-corrected chi connectivity index (χ3v) is 4.19. The lowest BCUT2D eigenvalue weighted by molar-refractivity contribution is 0.111. The lowest BCUT2D eigenvalue weighted by atomic mass is 10.1. The van der Waals surface area contributed by atoms with Crippen LogP contribution >= 0.6 is 22.9 Å². The summed E-state index contributed by atoms with van der Waals surface area (Å²) in [6.45, 7) is 4.00.